The normalized spacial score (nSPS) is 29.9. The molecule has 0 unspecified atom stereocenters. The van der Waals surface area contributed by atoms with Crippen molar-refractivity contribution in [2.75, 3.05) is 0 Å². The summed E-state index contributed by atoms with van der Waals surface area (Å²) in [6, 6.07) is 8.18. The standard InChI is InChI=1S/C13H14O/c14-13-11-7-3-1-5-9(11)10-6-2-4-8-12(10)13/h1,3,5,7,10,12H,2,4,6,8H2/t10-,12-/m1/s1. The van der Waals surface area contributed by atoms with Crippen molar-refractivity contribution in [2.45, 2.75) is 31.6 Å². The maximum Gasteiger partial charge on any atom is 0.166 e. The lowest BCUT2D eigenvalue weighted by atomic mass is 9.79. The summed E-state index contributed by atoms with van der Waals surface area (Å²) in [5.41, 5.74) is 2.33. The average molecular weight is 186 g/mol. The molecule has 0 N–H and O–H groups in total. The molecule has 0 bridgehead atoms. The molecule has 1 aromatic rings. The Kier molecular flexibility index (Phi) is 1.73. The third kappa shape index (κ3) is 0.985. The maximum absolute atomic E-state index is 12.0. The second-order valence-electron chi connectivity index (χ2n) is 4.45. The van der Waals surface area contributed by atoms with E-state index in [9.17, 15) is 4.79 Å². The minimum absolute atomic E-state index is 0.321. The molecule has 2 atom stereocenters. The van der Waals surface area contributed by atoms with Crippen LogP contribution in [0.4, 0.5) is 0 Å². The Balaban J connectivity index is 2.11. The van der Waals surface area contributed by atoms with E-state index in [0.717, 1.165) is 12.0 Å². The molecule has 72 valence electrons. The minimum Gasteiger partial charge on any atom is -0.294 e. The summed E-state index contributed by atoms with van der Waals surface area (Å²) in [6.07, 6.45) is 4.86. The summed E-state index contributed by atoms with van der Waals surface area (Å²) in [5, 5.41) is 0. The molecule has 0 amide bonds. The summed E-state index contributed by atoms with van der Waals surface area (Å²) >= 11 is 0. The lowest BCUT2D eigenvalue weighted by molar-refractivity contribution is 0.0898. The van der Waals surface area contributed by atoms with Crippen molar-refractivity contribution in [3.63, 3.8) is 0 Å². The van der Waals surface area contributed by atoms with Crippen LogP contribution in [0.15, 0.2) is 24.3 Å². The van der Waals surface area contributed by atoms with E-state index < -0.39 is 0 Å². The molecular weight excluding hydrogens is 172 g/mol. The molecule has 1 saturated carbocycles. The highest BCUT2D eigenvalue weighted by atomic mass is 16.1. The van der Waals surface area contributed by atoms with Crippen LogP contribution in [0, 0.1) is 5.92 Å². The van der Waals surface area contributed by atoms with Gasteiger partial charge < -0.3 is 0 Å². The summed E-state index contributed by atoms with van der Waals surface area (Å²) < 4.78 is 0. The monoisotopic (exact) mass is 186 g/mol. The van der Waals surface area contributed by atoms with Gasteiger partial charge in [-0.1, -0.05) is 37.1 Å². The van der Waals surface area contributed by atoms with E-state index in [1.807, 2.05) is 12.1 Å². The number of hydrogen-bond acceptors (Lipinski definition) is 1. The van der Waals surface area contributed by atoms with Crippen molar-refractivity contribution in [2.24, 2.45) is 5.92 Å². The Morgan fingerprint density at radius 1 is 1.00 bits per heavy atom. The van der Waals surface area contributed by atoms with Crippen LogP contribution in [0.1, 0.15) is 47.5 Å². The molecule has 2 aliphatic rings. The fourth-order valence-corrected chi connectivity index (χ4v) is 3.06. The number of rotatable bonds is 0. The molecule has 0 aromatic heterocycles. The van der Waals surface area contributed by atoms with Gasteiger partial charge in [-0.2, -0.15) is 0 Å². The molecule has 0 radical (unpaired) electrons. The number of Topliss-reactive ketones (excluding diaryl/α,β-unsaturated/α-hetero) is 1. The zero-order valence-corrected chi connectivity index (χ0v) is 8.20. The van der Waals surface area contributed by atoms with Gasteiger partial charge in [0.25, 0.3) is 0 Å². The Morgan fingerprint density at radius 2 is 1.71 bits per heavy atom. The Morgan fingerprint density at radius 3 is 2.57 bits per heavy atom. The number of carbonyl (C=O) groups is 1. The summed E-state index contributed by atoms with van der Waals surface area (Å²) in [4.78, 5) is 12.0. The van der Waals surface area contributed by atoms with Gasteiger partial charge in [0.05, 0.1) is 0 Å². The van der Waals surface area contributed by atoms with Gasteiger partial charge in [0, 0.05) is 11.5 Å². The highest BCUT2D eigenvalue weighted by Crippen LogP contribution is 2.46. The van der Waals surface area contributed by atoms with Gasteiger partial charge in [-0.15, -0.1) is 0 Å². The van der Waals surface area contributed by atoms with E-state index in [4.69, 9.17) is 0 Å². The third-order valence-corrected chi connectivity index (χ3v) is 3.73. The predicted octanol–water partition coefficient (Wildman–Crippen LogP) is 3.16. The number of ketones is 1. The SMILES string of the molecule is O=C1c2ccccc2[C@H]2CCCC[C@@H]12. The van der Waals surface area contributed by atoms with Gasteiger partial charge >= 0.3 is 0 Å². The first-order valence-corrected chi connectivity index (χ1v) is 5.51. The van der Waals surface area contributed by atoms with Crippen molar-refractivity contribution in [1.29, 1.82) is 0 Å². The van der Waals surface area contributed by atoms with Gasteiger partial charge in [0.2, 0.25) is 0 Å². The van der Waals surface area contributed by atoms with Crippen molar-refractivity contribution in [3.8, 4) is 0 Å². The number of fused-ring (bicyclic) bond motifs is 3. The lowest BCUT2D eigenvalue weighted by Gasteiger charge is -2.24. The first-order chi connectivity index (χ1) is 6.88. The van der Waals surface area contributed by atoms with Crippen LogP contribution in [-0.4, -0.2) is 5.78 Å². The molecule has 1 heteroatoms. The van der Waals surface area contributed by atoms with Crippen molar-refractivity contribution >= 4 is 5.78 Å². The summed E-state index contributed by atoms with van der Waals surface area (Å²) in [5.74, 6) is 1.28. The summed E-state index contributed by atoms with van der Waals surface area (Å²) in [6.45, 7) is 0. The van der Waals surface area contributed by atoms with Crippen LogP contribution >= 0.6 is 0 Å². The highest BCUT2D eigenvalue weighted by molar-refractivity contribution is 6.03. The first kappa shape index (κ1) is 8.22. The average Bonchev–Trinajstić information content (AvgIpc) is 2.55. The highest BCUT2D eigenvalue weighted by Gasteiger charge is 2.40. The van der Waals surface area contributed by atoms with Crippen molar-refractivity contribution in [3.05, 3.63) is 35.4 Å². The quantitative estimate of drug-likeness (QED) is 0.608. The predicted molar refractivity (Wildman–Crippen MR) is 55.5 cm³/mol. The largest absolute Gasteiger partial charge is 0.294 e. The molecule has 0 saturated heterocycles. The lowest BCUT2D eigenvalue weighted by Crippen LogP contribution is -2.17. The van der Waals surface area contributed by atoms with Crippen LogP contribution in [0.2, 0.25) is 0 Å². The van der Waals surface area contributed by atoms with E-state index in [1.54, 1.807) is 0 Å². The molecule has 3 rings (SSSR count). The van der Waals surface area contributed by atoms with E-state index in [-0.39, 0.29) is 0 Å². The van der Waals surface area contributed by atoms with Gasteiger partial charge in [0.15, 0.2) is 5.78 Å². The molecule has 1 nitrogen and oxygen atoms in total. The van der Waals surface area contributed by atoms with E-state index in [0.29, 0.717) is 17.6 Å². The Labute approximate surface area is 84.1 Å². The van der Waals surface area contributed by atoms with Gasteiger partial charge in [0.1, 0.15) is 0 Å². The summed E-state index contributed by atoms with van der Waals surface area (Å²) in [7, 11) is 0. The number of benzene rings is 1. The molecule has 14 heavy (non-hydrogen) atoms. The second-order valence-corrected chi connectivity index (χ2v) is 4.45. The fraction of sp³-hybridized carbons (Fsp3) is 0.462. The van der Waals surface area contributed by atoms with E-state index in [1.165, 1.54) is 24.8 Å². The molecular formula is C13H14O. The van der Waals surface area contributed by atoms with Crippen molar-refractivity contribution < 1.29 is 4.79 Å². The topological polar surface area (TPSA) is 17.1 Å². The molecule has 2 aliphatic carbocycles. The van der Waals surface area contributed by atoms with Crippen LogP contribution in [-0.2, 0) is 0 Å². The number of carbonyl (C=O) groups excluding carboxylic acids is 1. The zero-order chi connectivity index (χ0) is 9.54. The van der Waals surface area contributed by atoms with Crippen LogP contribution in [0.25, 0.3) is 0 Å². The maximum atomic E-state index is 12.0. The van der Waals surface area contributed by atoms with Gasteiger partial charge in [-0.3, -0.25) is 4.79 Å². The van der Waals surface area contributed by atoms with Crippen LogP contribution in [0.3, 0.4) is 0 Å². The van der Waals surface area contributed by atoms with E-state index >= 15 is 0 Å². The van der Waals surface area contributed by atoms with Crippen LogP contribution < -0.4 is 0 Å². The molecule has 1 fully saturated rings. The third-order valence-electron chi connectivity index (χ3n) is 3.73. The smallest absolute Gasteiger partial charge is 0.166 e. The van der Waals surface area contributed by atoms with E-state index in [2.05, 4.69) is 12.1 Å². The van der Waals surface area contributed by atoms with Gasteiger partial charge in [-0.05, 0) is 24.3 Å². The minimum atomic E-state index is 0.321. The Hall–Kier alpha value is -1.11. The Bertz CT molecular complexity index is 381. The number of hydrogen-bond donors (Lipinski definition) is 0. The van der Waals surface area contributed by atoms with Gasteiger partial charge in [-0.25, -0.2) is 0 Å². The fourth-order valence-electron chi connectivity index (χ4n) is 3.06. The molecule has 0 aliphatic heterocycles. The molecule has 1 aromatic carbocycles. The van der Waals surface area contributed by atoms with Crippen LogP contribution in [0.5, 0.6) is 0 Å². The molecule has 0 spiro atoms. The van der Waals surface area contributed by atoms with Crippen molar-refractivity contribution in [1.82, 2.24) is 0 Å². The zero-order valence-electron chi connectivity index (χ0n) is 8.20. The second kappa shape index (κ2) is 2.94. The molecule has 0 heterocycles. The first-order valence-electron chi connectivity index (χ1n) is 5.51.